The van der Waals surface area contributed by atoms with Gasteiger partial charge in [-0.15, -0.1) is 0 Å². The molecule has 1 fully saturated rings. The van der Waals surface area contributed by atoms with E-state index in [1.807, 2.05) is 30.9 Å². The van der Waals surface area contributed by atoms with Gasteiger partial charge in [0, 0.05) is 37.3 Å². The maximum absolute atomic E-state index is 14.5. The molecule has 0 radical (unpaired) electrons. The van der Waals surface area contributed by atoms with Crippen LogP contribution in [-0.2, 0) is 0 Å². The molecule has 3 nitrogen and oxygen atoms in total. The lowest BCUT2D eigenvalue weighted by atomic mass is 9.99. The van der Waals surface area contributed by atoms with Crippen LogP contribution in [0.1, 0.15) is 27.0 Å². The van der Waals surface area contributed by atoms with Gasteiger partial charge in [0.05, 0.1) is 5.69 Å². The van der Waals surface area contributed by atoms with Gasteiger partial charge in [0.2, 0.25) is 0 Å². The third-order valence-electron chi connectivity index (χ3n) is 4.82. The molecule has 0 atom stereocenters. The second-order valence-electron chi connectivity index (χ2n) is 6.58. The highest BCUT2D eigenvalue weighted by atomic mass is 19.1. The van der Waals surface area contributed by atoms with E-state index in [2.05, 4.69) is 11.9 Å². The van der Waals surface area contributed by atoms with Crippen molar-refractivity contribution in [2.24, 2.45) is 0 Å². The van der Waals surface area contributed by atoms with Gasteiger partial charge in [-0.2, -0.15) is 0 Å². The molecule has 2 aromatic carbocycles. The molecule has 4 heteroatoms. The number of carbonyl (C=O) groups excluding carboxylic acids is 1. The van der Waals surface area contributed by atoms with Crippen LogP contribution in [0.4, 0.5) is 10.1 Å². The molecule has 0 amide bonds. The lowest BCUT2D eigenvalue weighted by Crippen LogP contribution is -2.44. The predicted octanol–water partition coefficient (Wildman–Crippen LogP) is 3.43. The second-order valence-corrected chi connectivity index (χ2v) is 6.58. The van der Waals surface area contributed by atoms with Crippen molar-refractivity contribution in [3.63, 3.8) is 0 Å². The summed E-state index contributed by atoms with van der Waals surface area (Å²) in [5.41, 5.74) is 3.79. The molecule has 0 bridgehead atoms. The van der Waals surface area contributed by atoms with Crippen LogP contribution < -0.4 is 4.90 Å². The smallest absolute Gasteiger partial charge is 0.193 e. The Morgan fingerprint density at radius 1 is 0.917 bits per heavy atom. The van der Waals surface area contributed by atoms with Crippen LogP contribution in [0.2, 0.25) is 0 Å². The molecule has 1 aliphatic rings. The lowest BCUT2D eigenvalue weighted by Gasteiger charge is -2.34. The molecule has 126 valence electrons. The van der Waals surface area contributed by atoms with Gasteiger partial charge in [0.1, 0.15) is 5.82 Å². The quantitative estimate of drug-likeness (QED) is 0.808. The first kappa shape index (κ1) is 16.7. The molecule has 24 heavy (non-hydrogen) atoms. The third kappa shape index (κ3) is 3.34. The fraction of sp³-hybridized carbons (Fsp3) is 0.350. The van der Waals surface area contributed by atoms with Crippen LogP contribution >= 0.6 is 0 Å². The summed E-state index contributed by atoms with van der Waals surface area (Å²) in [5.74, 6) is -0.462. The Morgan fingerprint density at radius 3 is 2.17 bits per heavy atom. The van der Waals surface area contributed by atoms with Crippen LogP contribution in [0, 0.1) is 19.7 Å². The molecule has 0 unspecified atom stereocenters. The molecular formula is C20H23FN2O. The summed E-state index contributed by atoms with van der Waals surface area (Å²) in [4.78, 5) is 16.9. The monoisotopic (exact) mass is 326 g/mol. The van der Waals surface area contributed by atoms with Crippen molar-refractivity contribution in [3.8, 4) is 0 Å². The van der Waals surface area contributed by atoms with Crippen molar-refractivity contribution in [2.45, 2.75) is 13.8 Å². The van der Waals surface area contributed by atoms with E-state index in [-0.39, 0.29) is 11.6 Å². The number of carbonyl (C=O) groups is 1. The third-order valence-corrected chi connectivity index (χ3v) is 4.82. The molecule has 2 aromatic rings. The normalized spacial score (nSPS) is 15.6. The van der Waals surface area contributed by atoms with Crippen molar-refractivity contribution < 1.29 is 9.18 Å². The molecular weight excluding hydrogens is 303 g/mol. The van der Waals surface area contributed by atoms with Gasteiger partial charge in [-0.05, 0) is 56.3 Å². The van der Waals surface area contributed by atoms with Gasteiger partial charge in [-0.3, -0.25) is 4.79 Å². The van der Waals surface area contributed by atoms with Gasteiger partial charge in [-0.25, -0.2) is 4.39 Å². The fourth-order valence-corrected chi connectivity index (χ4v) is 3.00. The minimum absolute atomic E-state index is 0.137. The van der Waals surface area contributed by atoms with E-state index in [0.29, 0.717) is 16.8 Å². The summed E-state index contributed by atoms with van der Waals surface area (Å²) < 4.78 is 14.5. The zero-order chi connectivity index (χ0) is 17.3. The molecule has 0 aliphatic carbocycles. The molecule has 1 heterocycles. The van der Waals surface area contributed by atoms with E-state index >= 15 is 0 Å². The summed E-state index contributed by atoms with van der Waals surface area (Å²) >= 11 is 0. The van der Waals surface area contributed by atoms with Crippen LogP contribution in [0.3, 0.4) is 0 Å². The van der Waals surface area contributed by atoms with Crippen LogP contribution in [0.25, 0.3) is 0 Å². The lowest BCUT2D eigenvalue weighted by molar-refractivity contribution is 0.103. The topological polar surface area (TPSA) is 23.6 Å². The Kier molecular flexibility index (Phi) is 4.67. The highest BCUT2D eigenvalue weighted by Gasteiger charge is 2.19. The number of rotatable bonds is 3. The van der Waals surface area contributed by atoms with Gasteiger partial charge >= 0.3 is 0 Å². The van der Waals surface area contributed by atoms with E-state index in [1.165, 1.54) is 6.07 Å². The molecule has 3 rings (SSSR count). The van der Waals surface area contributed by atoms with Gasteiger partial charge in [0.15, 0.2) is 5.78 Å². The summed E-state index contributed by atoms with van der Waals surface area (Å²) in [6.07, 6.45) is 0. The van der Waals surface area contributed by atoms with E-state index in [9.17, 15) is 9.18 Å². The first-order chi connectivity index (χ1) is 11.5. The summed E-state index contributed by atoms with van der Waals surface area (Å²) in [6, 6.07) is 10.4. The van der Waals surface area contributed by atoms with Crippen molar-refractivity contribution in [3.05, 3.63) is 64.5 Å². The minimum atomic E-state index is -0.325. The number of hydrogen-bond donors (Lipinski definition) is 0. The predicted molar refractivity (Wildman–Crippen MR) is 95.5 cm³/mol. The Bertz CT molecular complexity index is 764. The SMILES string of the molecule is Cc1ccc(C(=O)c2ccc(N3CCN(C)CC3)c(F)c2)cc1C. The van der Waals surface area contributed by atoms with E-state index in [0.717, 1.165) is 37.3 Å². The Labute approximate surface area is 142 Å². The zero-order valence-electron chi connectivity index (χ0n) is 14.5. The highest BCUT2D eigenvalue weighted by molar-refractivity contribution is 6.09. The van der Waals surface area contributed by atoms with Crippen LogP contribution in [0.15, 0.2) is 36.4 Å². The minimum Gasteiger partial charge on any atom is -0.367 e. The average molecular weight is 326 g/mol. The number of nitrogens with zero attached hydrogens (tertiary/aromatic N) is 2. The largest absolute Gasteiger partial charge is 0.367 e. The Hall–Kier alpha value is -2.20. The van der Waals surface area contributed by atoms with Crippen molar-refractivity contribution in [2.75, 3.05) is 38.1 Å². The average Bonchev–Trinajstić information content (AvgIpc) is 2.57. The van der Waals surface area contributed by atoms with Gasteiger partial charge in [-0.1, -0.05) is 12.1 Å². The molecule has 1 aliphatic heterocycles. The number of likely N-dealkylation sites (N-methyl/N-ethyl adjacent to an activating group) is 1. The number of piperazine rings is 1. The van der Waals surface area contributed by atoms with Gasteiger partial charge < -0.3 is 9.80 Å². The van der Waals surface area contributed by atoms with E-state index in [1.54, 1.807) is 18.2 Å². The number of ketones is 1. The maximum Gasteiger partial charge on any atom is 0.193 e. The second kappa shape index (κ2) is 6.73. The molecule has 0 spiro atoms. The summed E-state index contributed by atoms with van der Waals surface area (Å²) in [5, 5.41) is 0. The number of halogens is 1. The number of anilines is 1. The first-order valence-corrected chi connectivity index (χ1v) is 8.30. The summed E-state index contributed by atoms with van der Waals surface area (Å²) in [7, 11) is 2.07. The van der Waals surface area contributed by atoms with Crippen LogP contribution in [0.5, 0.6) is 0 Å². The van der Waals surface area contributed by atoms with Crippen molar-refractivity contribution in [1.29, 1.82) is 0 Å². The number of benzene rings is 2. The standard InChI is InChI=1S/C20H23FN2O/c1-14-4-5-16(12-15(14)2)20(24)17-6-7-19(18(21)13-17)23-10-8-22(3)9-11-23/h4-7,12-13H,8-11H2,1-3H3. The summed E-state index contributed by atoms with van der Waals surface area (Å²) in [6.45, 7) is 7.43. The molecule has 1 saturated heterocycles. The molecule has 0 aromatic heterocycles. The number of aryl methyl sites for hydroxylation is 2. The van der Waals surface area contributed by atoms with E-state index < -0.39 is 0 Å². The molecule has 0 saturated carbocycles. The Balaban J connectivity index is 1.83. The number of hydrogen-bond acceptors (Lipinski definition) is 3. The van der Waals surface area contributed by atoms with Crippen molar-refractivity contribution in [1.82, 2.24) is 4.90 Å². The van der Waals surface area contributed by atoms with Gasteiger partial charge in [0.25, 0.3) is 0 Å². The zero-order valence-corrected chi connectivity index (χ0v) is 14.5. The Morgan fingerprint density at radius 2 is 1.54 bits per heavy atom. The maximum atomic E-state index is 14.5. The van der Waals surface area contributed by atoms with Crippen LogP contribution in [-0.4, -0.2) is 43.9 Å². The molecule has 0 N–H and O–H groups in total. The first-order valence-electron chi connectivity index (χ1n) is 8.30. The van der Waals surface area contributed by atoms with E-state index in [4.69, 9.17) is 0 Å². The van der Waals surface area contributed by atoms with Crippen molar-refractivity contribution >= 4 is 11.5 Å². The highest BCUT2D eigenvalue weighted by Crippen LogP contribution is 2.23. The fourth-order valence-electron chi connectivity index (χ4n) is 3.00.